The molecule has 0 aliphatic carbocycles. The van der Waals surface area contributed by atoms with Crippen molar-refractivity contribution in [2.75, 3.05) is 12.9 Å². The van der Waals surface area contributed by atoms with Crippen molar-refractivity contribution in [2.45, 2.75) is 11.8 Å². The first-order valence-corrected chi connectivity index (χ1v) is 6.97. The number of rotatable bonds is 4. The van der Waals surface area contributed by atoms with Crippen molar-refractivity contribution in [1.82, 2.24) is 0 Å². The van der Waals surface area contributed by atoms with Crippen LogP contribution in [-0.2, 0) is 19.4 Å². The number of carbonyl (C=O) groups is 1. The summed E-state index contributed by atoms with van der Waals surface area (Å²) < 4.78 is 27.3. The van der Waals surface area contributed by atoms with Gasteiger partial charge in [-0.3, -0.25) is 0 Å². The standard InChI is InChI=1S/C12H14O4S/c1-3-16-12(13)8-7-10-5-4-6-11(9-10)17(2,14)15/h4-9H,3H2,1-2H3. The molecular formula is C12H14O4S. The van der Waals surface area contributed by atoms with E-state index >= 15 is 0 Å². The number of ether oxygens (including phenoxy) is 1. The first-order chi connectivity index (χ1) is 7.93. The van der Waals surface area contributed by atoms with Gasteiger partial charge < -0.3 is 4.74 Å². The molecular weight excluding hydrogens is 240 g/mol. The van der Waals surface area contributed by atoms with E-state index in [-0.39, 0.29) is 4.90 Å². The Balaban J connectivity index is 2.90. The predicted octanol–water partition coefficient (Wildman–Crippen LogP) is 1.67. The van der Waals surface area contributed by atoms with E-state index in [4.69, 9.17) is 4.74 Å². The molecule has 0 amide bonds. The predicted molar refractivity (Wildman–Crippen MR) is 65.2 cm³/mol. The fraction of sp³-hybridized carbons (Fsp3) is 0.250. The average molecular weight is 254 g/mol. The number of carbonyl (C=O) groups excluding carboxylic acids is 1. The summed E-state index contributed by atoms with van der Waals surface area (Å²) in [5.74, 6) is -0.447. The summed E-state index contributed by atoms with van der Waals surface area (Å²) in [6.45, 7) is 2.03. The molecule has 1 aromatic carbocycles. The molecule has 0 unspecified atom stereocenters. The topological polar surface area (TPSA) is 60.4 Å². The first kappa shape index (κ1) is 13.4. The molecule has 17 heavy (non-hydrogen) atoms. The number of hydrogen-bond acceptors (Lipinski definition) is 4. The van der Waals surface area contributed by atoms with E-state index in [0.717, 1.165) is 6.26 Å². The van der Waals surface area contributed by atoms with Crippen LogP contribution in [0, 0.1) is 0 Å². The second-order valence-electron chi connectivity index (χ2n) is 3.43. The summed E-state index contributed by atoms with van der Waals surface area (Å²) in [6.07, 6.45) is 3.93. The molecule has 4 nitrogen and oxygen atoms in total. The summed E-state index contributed by atoms with van der Waals surface area (Å²) >= 11 is 0. The largest absolute Gasteiger partial charge is 0.463 e. The van der Waals surface area contributed by atoms with Crippen LogP contribution in [0.4, 0.5) is 0 Å². The Morgan fingerprint density at radius 3 is 2.71 bits per heavy atom. The van der Waals surface area contributed by atoms with E-state index in [1.54, 1.807) is 19.1 Å². The summed E-state index contributed by atoms with van der Waals surface area (Å²) in [5, 5.41) is 0. The molecule has 5 heteroatoms. The van der Waals surface area contributed by atoms with Crippen LogP contribution in [0.1, 0.15) is 12.5 Å². The zero-order valence-corrected chi connectivity index (χ0v) is 10.5. The highest BCUT2D eigenvalue weighted by Crippen LogP contribution is 2.12. The van der Waals surface area contributed by atoms with Gasteiger partial charge in [0.25, 0.3) is 0 Å². The Morgan fingerprint density at radius 1 is 1.41 bits per heavy atom. The number of benzene rings is 1. The lowest BCUT2D eigenvalue weighted by Crippen LogP contribution is -1.99. The molecule has 0 radical (unpaired) electrons. The molecule has 1 aromatic rings. The highest BCUT2D eigenvalue weighted by molar-refractivity contribution is 7.90. The third-order valence-electron chi connectivity index (χ3n) is 1.98. The molecule has 0 aliphatic rings. The molecule has 0 saturated heterocycles. The monoisotopic (exact) mass is 254 g/mol. The molecule has 0 aromatic heterocycles. The molecule has 1 rings (SSSR count). The zero-order chi connectivity index (χ0) is 12.9. The molecule has 0 atom stereocenters. The van der Waals surface area contributed by atoms with Crippen LogP contribution in [0.15, 0.2) is 35.2 Å². The second-order valence-corrected chi connectivity index (χ2v) is 5.45. The Morgan fingerprint density at radius 2 is 2.12 bits per heavy atom. The summed E-state index contributed by atoms with van der Waals surface area (Å²) in [4.78, 5) is 11.3. The van der Waals surface area contributed by atoms with Crippen LogP contribution in [0.2, 0.25) is 0 Å². The van der Waals surface area contributed by atoms with Crippen LogP contribution >= 0.6 is 0 Å². The maximum atomic E-state index is 11.3. The Bertz CT molecular complexity index is 529. The van der Waals surface area contributed by atoms with Gasteiger partial charge in [0, 0.05) is 12.3 Å². The minimum atomic E-state index is -3.22. The van der Waals surface area contributed by atoms with Gasteiger partial charge >= 0.3 is 5.97 Å². The van der Waals surface area contributed by atoms with Crippen LogP contribution in [0.25, 0.3) is 6.08 Å². The SMILES string of the molecule is CCOC(=O)C=Cc1cccc(S(C)(=O)=O)c1. The molecule has 0 spiro atoms. The maximum Gasteiger partial charge on any atom is 0.330 e. The van der Waals surface area contributed by atoms with Gasteiger partial charge in [-0.2, -0.15) is 0 Å². The maximum absolute atomic E-state index is 11.3. The third kappa shape index (κ3) is 4.40. The first-order valence-electron chi connectivity index (χ1n) is 5.08. The molecule has 0 bridgehead atoms. The van der Waals surface area contributed by atoms with Gasteiger partial charge in [0.2, 0.25) is 0 Å². The molecule has 0 heterocycles. The van der Waals surface area contributed by atoms with Gasteiger partial charge in [-0.05, 0) is 30.7 Å². The fourth-order valence-corrected chi connectivity index (χ4v) is 1.88. The van der Waals surface area contributed by atoms with Gasteiger partial charge in [0.05, 0.1) is 11.5 Å². The van der Waals surface area contributed by atoms with Crippen molar-refractivity contribution < 1.29 is 17.9 Å². The minimum Gasteiger partial charge on any atom is -0.463 e. The van der Waals surface area contributed by atoms with Crippen LogP contribution in [0.3, 0.4) is 0 Å². The van der Waals surface area contributed by atoms with Gasteiger partial charge in [-0.25, -0.2) is 13.2 Å². The smallest absolute Gasteiger partial charge is 0.330 e. The quantitative estimate of drug-likeness (QED) is 0.605. The van der Waals surface area contributed by atoms with Crippen molar-refractivity contribution in [3.05, 3.63) is 35.9 Å². The normalized spacial score (nSPS) is 11.6. The Kier molecular flexibility index (Phi) is 4.45. The van der Waals surface area contributed by atoms with E-state index in [2.05, 4.69) is 0 Å². The van der Waals surface area contributed by atoms with Gasteiger partial charge in [-0.1, -0.05) is 12.1 Å². The molecule has 0 N–H and O–H groups in total. The Labute approximate surface area is 101 Å². The second kappa shape index (κ2) is 5.63. The average Bonchev–Trinajstić information content (AvgIpc) is 2.26. The number of sulfone groups is 1. The van der Waals surface area contributed by atoms with Crippen LogP contribution in [-0.4, -0.2) is 27.2 Å². The van der Waals surface area contributed by atoms with E-state index in [1.807, 2.05) is 0 Å². The fourth-order valence-electron chi connectivity index (χ4n) is 1.20. The summed E-state index contributed by atoms with van der Waals surface area (Å²) in [7, 11) is -3.22. The van der Waals surface area contributed by atoms with E-state index in [9.17, 15) is 13.2 Å². The Hall–Kier alpha value is -1.62. The van der Waals surface area contributed by atoms with Crippen LogP contribution in [0.5, 0.6) is 0 Å². The summed E-state index contributed by atoms with van der Waals surface area (Å²) in [6, 6.07) is 6.35. The molecule has 0 aliphatic heterocycles. The van der Waals surface area contributed by atoms with E-state index < -0.39 is 15.8 Å². The third-order valence-corrected chi connectivity index (χ3v) is 3.09. The lowest BCUT2D eigenvalue weighted by molar-refractivity contribution is -0.137. The van der Waals surface area contributed by atoms with Gasteiger partial charge in [-0.15, -0.1) is 0 Å². The van der Waals surface area contributed by atoms with E-state index in [0.29, 0.717) is 12.2 Å². The van der Waals surface area contributed by atoms with Crippen molar-refractivity contribution in [3.8, 4) is 0 Å². The lowest BCUT2D eigenvalue weighted by Gasteiger charge is -1.99. The number of esters is 1. The van der Waals surface area contributed by atoms with Crippen molar-refractivity contribution >= 4 is 21.9 Å². The van der Waals surface area contributed by atoms with Gasteiger partial charge in [0.1, 0.15) is 0 Å². The molecule has 0 fully saturated rings. The minimum absolute atomic E-state index is 0.225. The van der Waals surface area contributed by atoms with Gasteiger partial charge in [0.15, 0.2) is 9.84 Å². The number of hydrogen-bond donors (Lipinski definition) is 0. The van der Waals surface area contributed by atoms with Crippen molar-refractivity contribution in [3.63, 3.8) is 0 Å². The molecule has 92 valence electrons. The zero-order valence-electron chi connectivity index (χ0n) is 9.71. The summed E-state index contributed by atoms with van der Waals surface area (Å²) in [5.41, 5.74) is 0.640. The molecule has 0 saturated carbocycles. The van der Waals surface area contributed by atoms with Crippen molar-refractivity contribution in [1.29, 1.82) is 0 Å². The lowest BCUT2D eigenvalue weighted by atomic mass is 10.2. The van der Waals surface area contributed by atoms with Crippen LogP contribution < -0.4 is 0 Å². The highest BCUT2D eigenvalue weighted by Gasteiger charge is 2.06. The highest BCUT2D eigenvalue weighted by atomic mass is 32.2. The van der Waals surface area contributed by atoms with Crippen molar-refractivity contribution in [2.24, 2.45) is 0 Å². The van der Waals surface area contributed by atoms with E-state index in [1.165, 1.54) is 24.3 Å².